The van der Waals surface area contributed by atoms with E-state index in [4.69, 9.17) is 0 Å². The fraction of sp³-hybridized carbons (Fsp3) is 0.220. The molecular formula is C41H35N. The third-order valence-electron chi connectivity index (χ3n) is 10.6. The Labute approximate surface area is 248 Å². The van der Waals surface area contributed by atoms with E-state index in [0.29, 0.717) is 17.8 Å². The molecule has 0 aromatic heterocycles. The Morgan fingerprint density at radius 2 is 1.57 bits per heavy atom. The summed E-state index contributed by atoms with van der Waals surface area (Å²) >= 11 is 0. The minimum atomic E-state index is -0.0717. The van der Waals surface area contributed by atoms with Crippen molar-refractivity contribution < 1.29 is 0 Å². The number of para-hydroxylation sites is 1. The topological polar surface area (TPSA) is 3.24 Å². The fourth-order valence-electron chi connectivity index (χ4n) is 8.63. The number of anilines is 2. The lowest BCUT2D eigenvalue weighted by Crippen LogP contribution is -2.33. The second-order valence-electron chi connectivity index (χ2n) is 13.2. The van der Waals surface area contributed by atoms with Gasteiger partial charge in [-0.2, -0.15) is 0 Å². The maximum absolute atomic E-state index is 2.62. The predicted octanol–water partition coefficient (Wildman–Crippen LogP) is 10.7. The van der Waals surface area contributed by atoms with Crippen LogP contribution in [0.4, 0.5) is 11.4 Å². The zero-order valence-corrected chi connectivity index (χ0v) is 24.3. The monoisotopic (exact) mass is 541 g/mol. The molecule has 0 fully saturated rings. The van der Waals surface area contributed by atoms with E-state index in [9.17, 15) is 0 Å². The molecule has 3 unspecified atom stereocenters. The van der Waals surface area contributed by atoms with Gasteiger partial charge < -0.3 is 4.90 Å². The van der Waals surface area contributed by atoms with Crippen molar-refractivity contribution in [1.29, 1.82) is 0 Å². The van der Waals surface area contributed by atoms with Gasteiger partial charge in [0.15, 0.2) is 0 Å². The largest absolute Gasteiger partial charge is 0.313 e. The zero-order chi connectivity index (χ0) is 28.0. The molecule has 4 aliphatic carbocycles. The number of rotatable bonds is 1. The van der Waals surface area contributed by atoms with E-state index in [1.165, 1.54) is 66.8 Å². The van der Waals surface area contributed by atoms with Gasteiger partial charge >= 0.3 is 0 Å². The Morgan fingerprint density at radius 3 is 2.48 bits per heavy atom. The Hall–Kier alpha value is -4.36. The van der Waals surface area contributed by atoms with E-state index < -0.39 is 0 Å². The molecule has 3 atom stereocenters. The molecular weight excluding hydrogens is 506 g/mol. The van der Waals surface area contributed by atoms with E-state index in [1.54, 1.807) is 0 Å². The summed E-state index contributed by atoms with van der Waals surface area (Å²) in [5.74, 6) is 1.43. The Bertz CT molecular complexity index is 1960. The van der Waals surface area contributed by atoms with Gasteiger partial charge in [-0.3, -0.25) is 0 Å². The maximum Gasteiger partial charge on any atom is 0.0533 e. The van der Waals surface area contributed by atoms with Gasteiger partial charge in [-0.1, -0.05) is 105 Å². The van der Waals surface area contributed by atoms with Crippen LogP contribution < -0.4 is 4.90 Å². The van der Waals surface area contributed by atoms with E-state index in [0.717, 1.165) is 19.3 Å². The van der Waals surface area contributed by atoms with Gasteiger partial charge in [0.05, 0.1) is 5.69 Å². The highest BCUT2D eigenvalue weighted by Gasteiger charge is 2.41. The molecule has 5 aliphatic rings. The molecule has 0 N–H and O–H groups in total. The van der Waals surface area contributed by atoms with Gasteiger partial charge in [-0.25, -0.2) is 0 Å². The molecule has 4 aromatic rings. The molecule has 0 amide bonds. The summed E-state index contributed by atoms with van der Waals surface area (Å²) in [5.41, 5.74) is 14.0. The van der Waals surface area contributed by atoms with Crippen molar-refractivity contribution in [3.63, 3.8) is 0 Å². The molecule has 0 radical (unpaired) electrons. The van der Waals surface area contributed by atoms with Gasteiger partial charge in [0.1, 0.15) is 0 Å². The Kier molecular flexibility index (Phi) is 5.09. The third-order valence-corrected chi connectivity index (χ3v) is 10.6. The summed E-state index contributed by atoms with van der Waals surface area (Å²) in [6.07, 6.45) is 20.2. The van der Waals surface area contributed by atoms with Crippen LogP contribution in [-0.4, -0.2) is 0 Å². The molecule has 0 bridgehead atoms. The third kappa shape index (κ3) is 3.31. The van der Waals surface area contributed by atoms with Crippen LogP contribution in [0.5, 0.6) is 0 Å². The fourth-order valence-corrected chi connectivity index (χ4v) is 8.63. The van der Waals surface area contributed by atoms with Crippen LogP contribution in [0.2, 0.25) is 0 Å². The summed E-state index contributed by atoms with van der Waals surface area (Å²) in [6, 6.07) is 30.1. The molecule has 9 rings (SSSR count). The van der Waals surface area contributed by atoms with Crippen LogP contribution in [0, 0.1) is 17.8 Å². The van der Waals surface area contributed by atoms with Crippen molar-refractivity contribution >= 4 is 27.7 Å². The summed E-state index contributed by atoms with van der Waals surface area (Å²) in [6.45, 7) is 4.81. The molecule has 0 spiro atoms. The van der Waals surface area contributed by atoms with E-state index >= 15 is 0 Å². The van der Waals surface area contributed by atoms with Gasteiger partial charge in [0, 0.05) is 34.2 Å². The number of hydrogen-bond acceptors (Lipinski definition) is 1. The summed E-state index contributed by atoms with van der Waals surface area (Å²) in [7, 11) is 0. The highest BCUT2D eigenvalue weighted by Crippen LogP contribution is 2.55. The van der Waals surface area contributed by atoms with Gasteiger partial charge in [0.25, 0.3) is 0 Å². The summed E-state index contributed by atoms with van der Waals surface area (Å²) in [4.78, 5) is 2.62. The molecule has 1 heterocycles. The van der Waals surface area contributed by atoms with Crippen molar-refractivity contribution in [2.75, 3.05) is 4.90 Å². The summed E-state index contributed by atoms with van der Waals surface area (Å²) in [5, 5.41) is 2.63. The second-order valence-corrected chi connectivity index (χ2v) is 13.2. The predicted molar refractivity (Wildman–Crippen MR) is 177 cm³/mol. The van der Waals surface area contributed by atoms with E-state index in [-0.39, 0.29) is 5.41 Å². The molecule has 0 saturated carbocycles. The molecule has 42 heavy (non-hydrogen) atoms. The van der Waals surface area contributed by atoms with Crippen LogP contribution in [0.1, 0.15) is 49.8 Å². The molecule has 1 heteroatoms. The van der Waals surface area contributed by atoms with Crippen LogP contribution in [0.3, 0.4) is 0 Å². The average Bonchev–Trinajstić information content (AvgIpc) is 3.24. The summed E-state index contributed by atoms with van der Waals surface area (Å²) < 4.78 is 0. The van der Waals surface area contributed by atoms with Gasteiger partial charge in [0.2, 0.25) is 0 Å². The minimum Gasteiger partial charge on any atom is -0.313 e. The van der Waals surface area contributed by atoms with Crippen LogP contribution in [-0.2, 0) is 5.41 Å². The number of benzene rings is 4. The highest BCUT2D eigenvalue weighted by atomic mass is 15.2. The van der Waals surface area contributed by atoms with Crippen molar-refractivity contribution in [1.82, 2.24) is 0 Å². The van der Waals surface area contributed by atoms with Crippen LogP contribution in [0.25, 0.3) is 27.5 Å². The lowest BCUT2D eigenvalue weighted by Gasteiger charge is -2.44. The van der Waals surface area contributed by atoms with Crippen molar-refractivity contribution in [2.24, 2.45) is 17.8 Å². The minimum absolute atomic E-state index is 0.0717. The van der Waals surface area contributed by atoms with Crippen molar-refractivity contribution in [3.05, 3.63) is 149 Å². The van der Waals surface area contributed by atoms with Crippen molar-refractivity contribution in [3.8, 4) is 11.1 Å². The van der Waals surface area contributed by atoms with E-state index in [1.807, 2.05) is 0 Å². The molecule has 1 aliphatic heterocycles. The first kappa shape index (κ1) is 24.3. The zero-order valence-electron chi connectivity index (χ0n) is 24.3. The number of allylic oxidation sites excluding steroid dienone is 10. The smallest absolute Gasteiger partial charge is 0.0533 e. The van der Waals surface area contributed by atoms with Gasteiger partial charge in [-0.05, 0) is 99.7 Å². The van der Waals surface area contributed by atoms with E-state index in [2.05, 4.69) is 140 Å². The van der Waals surface area contributed by atoms with Gasteiger partial charge in [-0.15, -0.1) is 0 Å². The molecule has 4 aromatic carbocycles. The molecule has 204 valence electrons. The quantitative estimate of drug-likeness (QED) is 0.217. The van der Waals surface area contributed by atoms with Crippen LogP contribution in [0.15, 0.2) is 133 Å². The maximum atomic E-state index is 2.62. The molecule has 0 saturated heterocycles. The average molecular weight is 542 g/mol. The number of nitrogens with zero attached hydrogens (tertiary/aromatic N) is 1. The first-order chi connectivity index (χ1) is 20.6. The Morgan fingerprint density at radius 1 is 0.762 bits per heavy atom. The highest BCUT2D eigenvalue weighted by molar-refractivity contribution is 5.95. The number of hydrogen-bond donors (Lipinski definition) is 0. The van der Waals surface area contributed by atoms with Crippen molar-refractivity contribution in [2.45, 2.75) is 38.5 Å². The number of fused-ring (bicyclic) bond motifs is 7. The standard InChI is InChI=1S/C41H35N/c1-41(2)36-24-28-12-4-3-11-27(28)23-35(36)30-22-21-29(25-37(30)41)42-38-19-7-5-15-31(38)33-17-9-13-26-14-10-18-34(40(26)33)32-16-6-8-20-39(32)42/h3-7,9-13,15-19,21-26,34,40H,8,14,20H2,1-2H3. The Balaban J connectivity index is 1.29. The van der Waals surface area contributed by atoms with Crippen LogP contribution >= 0.6 is 0 Å². The molecule has 1 nitrogen and oxygen atoms in total. The first-order valence-corrected chi connectivity index (χ1v) is 15.6. The lowest BCUT2D eigenvalue weighted by molar-refractivity contribution is 0.399. The lowest BCUT2D eigenvalue weighted by atomic mass is 9.64. The second kappa shape index (κ2) is 8.82. The first-order valence-electron chi connectivity index (χ1n) is 15.6. The normalized spacial score (nSPS) is 24.3. The SMILES string of the molecule is CC1(C)c2cc(N3C4=C(C=CCC4)C4C=CCC5C=CC=C(c6ccccc63)C54)ccc2-c2cc3ccccc3cc21.